The Balaban J connectivity index is 1.74. The van der Waals surface area contributed by atoms with Crippen molar-refractivity contribution in [2.45, 2.75) is 4.90 Å². The van der Waals surface area contributed by atoms with Crippen LogP contribution < -0.4 is 5.32 Å². The third-order valence-corrected chi connectivity index (χ3v) is 3.77. The number of hydrogen-bond acceptors (Lipinski definition) is 5. The van der Waals surface area contributed by atoms with Crippen molar-refractivity contribution in [3.63, 3.8) is 0 Å². The molecule has 0 aliphatic heterocycles. The van der Waals surface area contributed by atoms with Gasteiger partial charge in [-0.25, -0.2) is 4.39 Å². The molecule has 1 N–H and O–H groups in total. The van der Waals surface area contributed by atoms with Gasteiger partial charge in [0.05, 0.1) is 5.69 Å². The maximum Gasteiger partial charge on any atom is 0.297 e. The van der Waals surface area contributed by atoms with Crippen molar-refractivity contribution < 1.29 is 9.18 Å². The number of nitrogens with zero attached hydrogens (tertiary/aromatic N) is 4. The van der Waals surface area contributed by atoms with E-state index in [1.54, 1.807) is 23.9 Å². The molecule has 6 nitrogen and oxygen atoms in total. The highest BCUT2D eigenvalue weighted by molar-refractivity contribution is 7.98. The molecule has 1 amide bonds. The van der Waals surface area contributed by atoms with Crippen LogP contribution in [0.4, 0.5) is 10.1 Å². The Morgan fingerprint density at radius 3 is 2.48 bits per heavy atom. The Morgan fingerprint density at radius 1 is 1.13 bits per heavy atom. The maximum absolute atomic E-state index is 12.9. The molecule has 1 heterocycles. The topological polar surface area (TPSA) is 72.7 Å². The van der Waals surface area contributed by atoms with Crippen molar-refractivity contribution in [3.8, 4) is 5.69 Å². The molecule has 0 unspecified atom stereocenters. The van der Waals surface area contributed by atoms with E-state index in [1.165, 1.54) is 29.1 Å². The van der Waals surface area contributed by atoms with E-state index in [2.05, 4.69) is 20.7 Å². The Bertz CT molecular complexity index is 817. The van der Waals surface area contributed by atoms with E-state index >= 15 is 0 Å². The minimum atomic E-state index is -0.463. The first-order chi connectivity index (χ1) is 11.2. The van der Waals surface area contributed by atoms with Crippen LogP contribution in [0.3, 0.4) is 0 Å². The van der Waals surface area contributed by atoms with Crippen LogP contribution in [0.1, 0.15) is 10.6 Å². The van der Waals surface area contributed by atoms with Crippen LogP contribution in [0.15, 0.2) is 53.4 Å². The summed E-state index contributed by atoms with van der Waals surface area (Å²) in [5.74, 6) is -0.890. The van der Waals surface area contributed by atoms with Crippen LogP contribution in [-0.2, 0) is 0 Å². The smallest absolute Gasteiger partial charge is 0.297 e. The standard InChI is InChI=1S/C15H12FN5OS/c1-23-13-8-4-11(5-9-13)17-15(22)14-18-20-21(19-14)12-6-2-10(16)3-7-12/h2-9H,1H3,(H,17,22). The van der Waals surface area contributed by atoms with Crippen LogP contribution in [0.2, 0.25) is 0 Å². The summed E-state index contributed by atoms with van der Waals surface area (Å²) in [5, 5.41) is 14.2. The van der Waals surface area contributed by atoms with E-state index < -0.39 is 5.91 Å². The number of halogens is 1. The van der Waals surface area contributed by atoms with Gasteiger partial charge in [0, 0.05) is 10.6 Å². The van der Waals surface area contributed by atoms with Crippen LogP contribution in [0.25, 0.3) is 5.69 Å². The van der Waals surface area contributed by atoms with Gasteiger partial charge in [-0.1, -0.05) is 0 Å². The molecular weight excluding hydrogens is 317 g/mol. The van der Waals surface area contributed by atoms with Crippen LogP contribution >= 0.6 is 11.8 Å². The number of tetrazole rings is 1. The SMILES string of the molecule is CSc1ccc(NC(=O)c2nnn(-c3ccc(F)cc3)n2)cc1. The van der Waals surface area contributed by atoms with Crippen molar-refractivity contribution in [3.05, 3.63) is 60.2 Å². The van der Waals surface area contributed by atoms with Crippen LogP contribution in [0, 0.1) is 5.82 Å². The number of hydrogen-bond donors (Lipinski definition) is 1. The summed E-state index contributed by atoms with van der Waals surface area (Å²) in [6.45, 7) is 0. The van der Waals surface area contributed by atoms with Crippen molar-refractivity contribution >= 4 is 23.4 Å². The first-order valence-corrected chi connectivity index (χ1v) is 7.89. The second kappa shape index (κ2) is 6.57. The van der Waals surface area contributed by atoms with Gasteiger partial charge in [0.1, 0.15) is 5.82 Å². The minimum absolute atomic E-state index is 0.0664. The molecule has 0 spiro atoms. The van der Waals surface area contributed by atoms with Gasteiger partial charge in [-0.05, 0) is 60.0 Å². The minimum Gasteiger partial charge on any atom is -0.319 e. The Labute approximate surface area is 135 Å². The molecule has 0 fully saturated rings. The number of nitrogens with one attached hydrogen (secondary N) is 1. The molecule has 116 valence electrons. The average molecular weight is 329 g/mol. The van der Waals surface area contributed by atoms with Gasteiger partial charge in [0.25, 0.3) is 11.7 Å². The summed E-state index contributed by atoms with van der Waals surface area (Å²) in [5.41, 5.74) is 1.16. The van der Waals surface area contributed by atoms with Gasteiger partial charge in [0.15, 0.2) is 0 Å². The van der Waals surface area contributed by atoms with Gasteiger partial charge in [-0.3, -0.25) is 4.79 Å². The number of rotatable bonds is 4. The van der Waals surface area contributed by atoms with E-state index in [9.17, 15) is 9.18 Å². The van der Waals surface area contributed by atoms with Crippen molar-refractivity contribution in [1.82, 2.24) is 20.2 Å². The zero-order valence-electron chi connectivity index (χ0n) is 12.1. The van der Waals surface area contributed by atoms with Gasteiger partial charge in [-0.2, -0.15) is 0 Å². The number of carbonyl (C=O) groups is 1. The number of anilines is 1. The lowest BCUT2D eigenvalue weighted by Crippen LogP contribution is -2.14. The van der Waals surface area contributed by atoms with E-state index in [1.807, 2.05) is 18.4 Å². The highest BCUT2D eigenvalue weighted by atomic mass is 32.2. The van der Waals surface area contributed by atoms with Crippen molar-refractivity contribution in [2.75, 3.05) is 11.6 Å². The third-order valence-electron chi connectivity index (χ3n) is 3.02. The fourth-order valence-electron chi connectivity index (χ4n) is 1.85. The zero-order valence-corrected chi connectivity index (χ0v) is 12.9. The van der Waals surface area contributed by atoms with Crippen LogP contribution in [0.5, 0.6) is 0 Å². The monoisotopic (exact) mass is 329 g/mol. The first kappa shape index (κ1) is 15.2. The van der Waals surface area contributed by atoms with Gasteiger partial charge in [0.2, 0.25) is 0 Å². The number of amides is 1. The molecule has 0 aliphatic carbocycles. The molecule has 0 saturated carbocycles. The Morgan fingerprint density at radius 2 is 1.83 bits per heavy atom. The molecule has 0 radical (unpaired) electrons. The molecule has 3 rings (SSSR count). The number of aromatic nitrogens is 4. The second-order valence-corrected chi connectivity index (χ2v) is 5.44. The molecular formula is C15H12FN5OS. The van der Waals surface area contributed by atoms with Gasteiger partial charge < -0.3 is 5.32 Å². The Hall–Kier alpha value is -2.74. The molecule has 3 aromatic rings. The molecule has 1 aromatic heterocycles. The van der Waals surface area contributed by atoms with Crippen molar-refractivity contribution in [1.29, 1.82) is 0 Å². The quantitative estimate of drug-likeness (QED) is 0.745. The Kier molecular flexibility index (Phi) is 4.33. The van der Waals surface area contributed by atoms with E-state index in [4.69, 9.17) is 0 Å². The summed E-state index contributed by atoms with van der Waals surface area (Å²) in [7, 11) is 0. The van der Waals surface area contributed by atoms with E-state index in [0.717, 1.165) is 4.90 Å². The molecule has 0 bridgehead atoms. The zero-order chi connectivity index (χ0) is 16.2. The lowest BCUT2D eigenvalue weighted by Gasteiger charge is -2.03. The molecule has 0 saturated heterocycles. The molecule has 8 heteroatoms. The lowest BCUT2D eigenvalue weighted by molar-refractivity contribution is 0.101. The summed E-state index contributed by atoms with van der Waals surface area (Å²) in [4.78, 5) is 14.4. The van der Waals surface area contributed by atoms with Crippen molar-refractivity contribution in [2.24, 2.45) is 0 Å². The predicted octanol–water partition coefficient (Wildman–Crippen LogP) is 2.78. The molecule has 0 aliphatic rings. The summed E-state index contributed by atoms with van der Waals surface area (Å²) in [6, 6.07) is 13.0. The molecule has 0 atom stereocenters. The number of thioether (sulfide) groups is 1. The first-order valence-electron chi connectivity index (χ1n) is 6.67. The molecule has 23 heavy (non-hydrogen) atoms. The predicted molar refractivity (Wildman–Crippen MR) is 85.3 cm³/mol. The average Bonchev–Trinajstić information content (AvgIpc) is 3.06. The highest BCUT2D eigenvalue weighted by Gasteiger charge is 2.14. The number of carbonyl (C=O) groups excluding carboxylic acids is 1. The van der Waals surface area contributed by atoms with Gasteiger partial charge >= 0.3 is 0 Å². The van der Waals surface area contributed by atoms with E-state index in [-0.39, 0.29) is 11.6 Å². The normalized spacial score (nSPS) is 10.5. The van der Waals surface area contributed by atoms with E-state index in [0.29, 0.717) is 11.4 Å². The summed E-state index contributed by atoms with van der Waals surface area (Å²) in [6.07, 6.45) is 1.98. The van der Waals surface area contributed by atoms with Crippen LogP contribution in [-0.4, -0.2) is 32.4 Å². The maximum atomic E-state index is 12.9. The fourth-order valence-corrected chi connectivity index (χ4v) is 2.26. The fraction of sp³-hybridized carbons (Fsp3) is 0.0667. The molecule has 2 aromatic carbocycles. The summed E-state index contributed by atoms with van der Waals surface area (Å²) < 4.78 is 12.9. The lowest BCUT2D eigenvalue weighted by atomic mass is 10.3. The largest absolute Gasteiger partial charge is 0.319 e. The highest BCUT2D eigenvalue weighted by Crippen LogP contribution is 2.17. The third kappa shape index (κ3) is 3.54. The second-order valence-electron chi connectivity index (χ2n) is 4.56. The number of benzene rings is 2. The summed E-state index contributed by atoms with van der Waals surface area (Å²) >= 11 is 1.62. The van der Waals surface area contributed by atoms with Gasteiger partial charge in [-0.15, -0.1) is 26.8 Å².